The van der Waals surface area contributed by atoms with Crippen LogP contribution in [-0.4, -0.2) is 58.0 Å². The molecule has 2 unspecified atom stereocenters. The summed E-state index contributed by atoms with van der Waals surface area (Å²) >= 11 is 0. The van der Waals surface area contributed by atoms with Crippen LogP contribution in [0.2, 0.25) is 0 Å². The highest BCUT2D eigenvalue weighted by Crippen LogP contribution is 2.52. The predicted molar refractivity (Wildman–Crippen MR) is 126 cm³/mol. The summed E-state index contributed by atoms with van der Waals surface area (Å²) in [6.45, 7) is 3.93. The van der Waals surface area contributed by atoms with Gasteiger partial charge in [-0.3, -0.25) is 0 Å². The number of hydrogen-bond acceptors (Lipinski definition) is 5. The normalized spacial score (nSPS) is 24.4. The quantitative estimate of drug-likeness (QED) is 0.500. The number of imidazole rings is 1. The van der Waals surface area contributed by atoms with Gasteiger partial charge in [-0.1, -0.05) is 31.4 Å². The SMILES string of the molecule is Cn1cnc(OC(=O)N(Cc2cccc(OC(F)(F)F)c2)CC2C3CN(CC4CCCCC4)CC32)c1. The molecule has 196 valence electrons. The molecular formula is C26H33F3N4O3. The number of aromatic nitrogens is 2. The second-order valence-electron chi connectivity index (χ2n) is 10.5. The fraction of sp³-hybridized carbons (Fsp3) is 0.615. The molecule has 0 N–H and O–H groups in total. The van der Waals surface area contributed by atoms with Crippen LogP contribution >= 0.6 is 0 Å². The Hall–Kier alpha value is -2.75. The van der Waals surface area contributed by atoms with Crippen LogP contribution in [0.1, 0.15) is 37.7 Å². The number of hydrogen-bond donors (Lipinski definition) is 0. The van der Waals surface area contributed by atoms with E-state index in [1.54, 1.807) is 28.8 Å². The maximum atomic E-state index is 13.1. The Balaban J connectivity index is 1.22. The third-order valence-corrected chi connectivity index (χ3v) is 7.76. The van der Waals surface area contributed by atoms with Gasteiger partial charge >= 0.3 is 12.5 Å². The number of amides is 1. The molecule has 1 saturated heterocycles. The molecule has 3 aliphatic rings. The second kappa shape index (κ2) is 10.3. The zero-order valence-corrected chi connectivity index (χ0v) is 20.5. The van der Waals surface area contributed by atoms with Gasteiger partial charge in [0.15, 0.2) is 0 Å². The Kier molecular flexibility index (Phi) is 7.14. The number of fused-ring (bicyclic) bond motifs is 1. The molecule has 1 amide bonds. The fourth-order valence-corrected chi connectivity index (χ4v) is 6.01. The Morgan fingerprint density at radius 3 is 2.58 bits per heavy atom. The summed E-state index contributed by atoms with van der Waals surface area (Å²) < 4.78 is 49.3. The van der Waals surface area contributed by atoms with Crippen LogP contribution in [0.5, 0.6) is 11.6 Å². The average molecular weight is 507 g/mol. The number of piperidine rings is 1. The first-order valence-electron chi connectivity index (χ1n) is 12.8. The topological polar surface area (TPSA) is 59.8 Å². The number of halogens is 3. The number of rotatable bonds is 8. The van der Waals surface area contributed by atoms with Crippen molar-refractivity contribution in [1.29, 1.82) is 0 Å². The van der Waals surface area contributed by atoms with E-state index in [0.29, 0.717) is 29.9 Å². The summed E-state index contributed by atoms with van der Waals surface area (Å²) in [6.07, 6.45) is 4.52. The number of ether oxygens (including phenoxy) is 2. The van der Waals surface area contributed by atoms with Crippen molar-refractivity contribution in [3.05, 3.63) is 42.4 Å². The molecule has 1 aromatic heterocycles. The van der Waals surface area contributed by atoms with Crippen LogP contribution in [-0.2, 0) is 13.6 Å². The van der Waals surface area contributed by atoms with Gasteiger partial charge in [0.1, 0.15) is 5.75 Å². The number of carbonyl (C=O) groups is 1. The monoisotopic (exact) mass is 506 g/mol. The van der Waals surface area contributed by atoms with Crippen LogP contribution in [0.25, 0.3) is 0 Å². The van der Waals surface area contributed by atoms with Crippen LogP contribution in [0.4, 0.5) is 18.0 Å². The van der Waals surface area contributed by atoms with E-state index >= 15 is 0 Å². The van der Waals surface area contributed by atoms with Crippen molar-refractivity contribution in [3.63, 3.8) is 0 Å². The van der Waals surface area contributed by atoms with Gasteiger partial charge in [0, 0.05) is 39.8 Å². The number of aryl methyl sites for hydroxylation is 1. The van der Waals surface area contributed by atoms with E-state index in [4.69, 9.17) is 4.74 Å². The zero-order valence-electron chi connectivity index (χ0n) is 20.5. The molecule has 36 heavy (non-hydrogen) atoms. The summed E-state index contributed by atoms with van der Waals surface area (Å²) in [4.78, 5) is 21.3. The summed E-state index contributed by atoms with van der Waals surface area (Å²) in [5, 5.41) is 0. The number of nitrogens with zero attached hydrogens (tertiary/aromatic N) is 4. The molecule has 0 spiro atoms. The lowest BCUT2D eigenvalue weighted by Crippen LogP contribution is -2.37. The van der Waals surface area contributed by atoms with Crippen molar-refractivity contribution in [2.75, 3.05) is 26.2 Å². The third-order valence-electron chi connectivity index (χ3n) is 7.76. The number of likely N-dealkylation sites (tertiary alicyclic amines) is 1. The summed E-state index contributed by atoms with van der Waals surface area (Å²) in [6, 6.07) is 5.74. The molecule has 0 bridgehead atoms. The molecule has 0 radical (unpaired) electrons. The van der Waals surface area contributed by atoms with Crippen LogP contribution in [0.3, 0.4) is 0 Å². The highest BCUT2D eigenvalue weighted by molar-refractivity contribution is 5.70. The van der Waals surface area contributed by atoms with E-state index in [0.717, 1.165) is 19.0 Å². The van der Waals surface area contributed by atoms with E-state index in [9.17, 15) is 18.0 Å². The highest BCUT2D eigenvalue weighted by atomic mass is 19.4. The minimum Gasteiger partial charge on any atom is -0.406 e. The molecule has 2 aromatic rings. The van der Waals surface area contributed by atoms with E-state index in [-0.39, 0.29) is 18.2 Å². The Bertz CT molecular complexity index is 1040. The minimum absolute atomic E-state index is 0.127. The molecule has 2 atom stereocenters. The maximum absolute atomic E-state index is 13.1. The largest absolute Gasteiger partial charge is 0.573 e. The maximum Gasteiger partial charge on any atom is 0.573 e. The van der Waals surface area contributed by atoms with Crippen molar-refractivity contribution >= 4 is 6.09 Å². The summed E-state index contributed by atoms with van der Waals surface area (Å²) in [5.41, 5.74) is 0.541. The number of alkyl halides is 3. The second-order valence-corrected chi connectivity index (χ2v) is 10.5. The lowest BCUT2D eigenvalue weighted by Gasteiger charge is -2.29. The molecule has 2 aliphatic carbocycles. The van der Waals surface area contributed by atoms with Crippen molar-refractivity contribution < 1.29 is 27.4 Å². The summed E-state index contributed by atoms with van der Waals surface area (Å²) in [5.74, 6) is 2.18. The predicted octanol–water partition coefficient (Wildman–Crippen LogP) is 5.08. The van der Waals surface area contributed by atoms with Gasteiger partial charge in [0.25, 0.3) is 0 Å². The van der Waals surface area contributed by atoms with Gasteiger partial charge in [-0.2, -0.15) is 0 Å². The number of carbonyl (C=O) groups excluding carboxylic acids is 1. The molecule has 3 fully saturated rings. The van der Waals surface area contributed by atoms with Crippen molar-refractivity contribution in [2.24, 2.45) is 30.7 Å². The minimum atomic E-state index is -4.77. The van der Waals surface area contributed by atoms with E-state index in [1.807, 2.05) is 0 Å². The molecule has 1 aromatic carbocycles. The molecule has 2 heterocycles. The molecule has 10 heteroatoms. The Labute approximate surface area is 209 Å². The van der Waals surface area contributed by atoms with Gasteiger partial charge in [0.05, 0.1) is 12.5 Å². The highest BCUT2D eigenvalue weighted by Gasteiger charge is 2.56. The van der Waals surface area contributed by atoms with E-state index in [1.165, 1.54) is 63.2 Å². The first kappa shape index (κ1) is 24.9. The van der Waals surface area contributed by atoms with Gasteiger partial charge in [-0.15, -0.1) is 13.2 Å². The van der Waals surface area contributed by atoms with E-state index in [2.05, 4.69) is 14.6 Å². The molecule has 5 rings (SSSR count). The van der Waals surface area contributed by atoms with Crippen LogP contribution in [0, 0.1) is 23.7 Å². The lowest BCUT2D eigenvalue weighted by atomic mass is 9.89. The average Bonchev–Trinajstić information content (AvgIpc) is 3.11. The Morgan fingerprint density at radius 2 is 1.92 bits per heavy atom. The van der Waals surface area contributed by atoms with Crippen molar-refractivity contribution in [2.45, 2.75) is 45.0 Å². The fourth-order valence-electron chi connectivity index (χ4n) is 6.01. The molecule has 1 aliphatic heterocycles. The standard InChI is InChI=1S/C26H33F3N4O3/c1-31-16-24(30-17-31)35-25(34)33(12-19-8-5-9-20(10-19)36-26(27,28)29)15-23-21-13-32(14-22(21)23)11-18-6-3-2-4-7-18/h5,8-10,16-18,21-23H,2-4,6-7,11-15H2,1H3. The van der Waals surface area contributed by atoms with Crippen molar-refractivity contribution in [3.8, 4) is 11.6 Å². The summed E-state index contributed by atoms with van der Waals surface area (Å²) in [7, 11) is 1.78. The zero-order chi connectivity index (χ0) is 25.3. The smallest absolute Gasteiger partial charge is 0.406 e. The van der Waals surface area contributed by atoms with Gasteiger partial charge in [-0.05, 0) is 54.2 Å². The van der Waals surface area contributed by atoms with Crippen molar-refractivity contribution in [1.82, 2.24) is 19.4 Å². The van der Waals surface area contributed by atoms with Gasteiger partial charge in [-0.25, -0.2) is 9.78 Å². The first-order chi connectivity index (χ1) is 17.2. The van der Waals surface area contributed by atoms with E-state index < -0.39 is 12.5 Å². The Morgan fingerprint density at radius 1 is 1.17 bits per heavy atom. The van der Waals surface area contributed by atoms with Gasteiger partial charge < -0.3 is 23.8 Å². The van der Waals surface area contributed by atoms with Crippen LogP contribution in [0.15, 0.2) is 36.8 Å². The first-order valence-corrected chi connectivity index (χ1v) is 12.8. The third kappa shape index (κ3) is 6.32. The van der Waals surface area contributed by atoms with Crippen LogP contribution < -0.4 is 9.47 Å². The lowest BCUT2D eigenvalue weighted by molar-refractivity contribution is -0.274. The number of benzene rings is 1. The van der Waals surface area contributed by atoms with Gasteiger partial charge in [0.2, 0.25) is 5.88 Å². The molecule has 7 nitrogen and oxygen atoms in total. The molecule has 2 saturated carbocycles. The molecular weight excluding hydrogens is 473 g/mol.